The van der Waals surface area contributed by atoms with Crippen LogP contribution in [-0.4, -0.2) is 30.1 Å². The molecule has 5 heteroatoms. The number of hydrogen-bond donors (Lipinski definition) is 3. The van der Waals surface area contributed by atoms with Crippen molar-refractivity contribution < 1.29 is 14.7 Å². The Morgan fingerprint density at radius 2 is 2.05 bits per heavy atom. The van der Waals surface area contributed by atoms with E-state index in [1.54, 1.807) is 24.3 Å². The van der Waals surface area contributed by atoms with Crippen LogP contribution in [0.2, 0.25) is 0 Å². The van der Waals surface area contributed by atoms with Gasteiger partial charge in [0.1, 0.15) is 0 Å². The van der Waals surface area contributed by atoms with Gasteiger partial charge in [0.2, 0.25) is 5.91 Å². The molecule has 1 fully saturated rings. The summed E-state index contributed by atoms with van der Waals surface area (Å²) in [5, 5.41) is 14.9. The second-order valence-electron chi connectivity index (χ2n) is 5.55. The minimum atomic E-state index is -0.871. The zero-order valence-electron chi connectivity index (χ0n) is 12.1. The van der Waals surface area contributed by atoms with Crippen LogP contribution in [0, 0.1) is 5.92 Å². The van der Waals surface area contributed by atoms with E-state index in [1.165, 1.54) is 0 Å². The van der Waals surface area contributed by atoms with Gasteiger partial charge >= 0.3 is 5.97 Å². The number of rotatable bonds is 6. The number of aliphatic carboxylic acids is 1. The molecule has 1 aromatic rings. The van der Waals surface area contributed by atoms with E-state index in [1.807, 2.05) is 0 Å². The van der Waals surface area contributed by atoms with Gasteiger partial charge in [-0.15, -0.1) is 0 Å². The monoisotopic (exact) mass is 290 g/mol. The van der Waals surface area contributed by atoms with Gasteiger partial charge in [0, 0.05) is 12.1 Å². The third-order valence-corrected chi connectivity index (χ3v) is 3.80. The molecule has 0 atom stereocenters. The molecule has 0 radical (unpaired) electrons. The summed E-state index contributed by atoms with van der Waals surface area (Å²) in [5.41, 5.74) is 1.36. The molecule has 0 aromatic heterocycles. The highest BCUT2D eigenvalue weighted by Crippen LogP contribution is 2.18. The predicted octanol–water partition coefficient (Wildman–Crippen LogP) is 2.03. The molecule has 1 aliphatic heterocycles. The number of carboxylic acid groups (broad SMARTS) is 1. The molecule has 1 heterocycles. The predicted molar refractivity (Wildman–Crippen MR) is 81.2 cm³/mol. The summed E-state index contributed by atoms with van der Waals surface area (Å²) in [6, 6.07) is 7.02. The molecular weight excluding hydrogens is 268 g/mol. The zero-order chi connectivity index (χ0) is 15.1. The van der Waals surface area contributed by atoms with Crippen molar-refractivity contribution >= 4 is 17.6 Å². The van der Waals surface area contributed by atoms with E-state index >= 15 is 0 Å². The van der Waals surface area contributed by atoms with Gasteiger partial charge in [-0.2, -0.15) is 0 Å². The Morgan fingerprint density at radius 3 is 2.76 bits per heavy atom. The molecule has 114 valence electrons. The quantitative estimate of drug-likeness (QED) is 0.749. The summed E-state index contributed by atoms with van der Waals surface area (Å²) in [5.74, 6) is -0.235. The summed E-state index contributed by atoms with van der Waals surface area (Å²) >= 11 is 0. The maximum absolute atomic E-state index is 11.9. The average Bonchev–Trinajstić information content (AvgIpc) is 2.46. The molecule has 1 amide bonds. The van der Waals surface area contributed by atoms with Crippen molar-refractivity contribution in [2.24, 2.45) is 5.92 Å². The highest BCUT2D eigenvalue weighted by atomic mass is 16.4. The van der Waals surface area contributed by atoms with E-state index in [-0.39, 0.29) is 12.3 Å². The molecule has 0 aliphatic carbocycles. The maximum atomic E-state index is 11.9. The summed E-state index contributed by atoms with van der Waals surface area (Å²) < 4.78 is 0. The lowest BCUT2D eigenvalue weighted by atomic mass is 9.93. The number of piperidine rings is 1. The van der Waals surface area contributed by atoms with Crippen LogP contribution < -0.4 is 10.6 Å². The highest BCUT2D eigenvalue weighted by molar-refractivity contribution is 5.90. The van der Waals surface area contributed by atoms with Crippen molar-refractivity contribution in [3.05, 3.63) is 29.8 Å². The molecule has 0 bridgehead atoms. The molecule has 0 unspecified atom stereocenters. The van der Waals surface area contributed by atoms with E-state index in [9.17, 15) is 9.59 Å². The first kappa shape index (κ1) is 15.5. The van der Waals surface area contributed by atoms with Gasteiger partial charge in [-0.1, -0.05) is 12.1 Å². The number of hydrogen-bond acceptors (Lipinski definition) is 3. The fourth-order valence-electron chi connectivity index (χ4n) is 2.66. The first-order valence-electron chi connectivity index (χ1n) is 7.45. The summed E-state index contributed by atoms with van der Waals surface area (Å²) in [6.07, 6.45) is 3.69. The van der Waals surface area contributed by atoms with Crippen molar-refractivity contribution in [3.63, 3.8) is 0 Å². The largest absolute Gasteiger partial charge is 0.481 e. The number of carbonyl (C=O) groups is 2. The van der Waals surface area contributed by atoms with Crippen LogP contribution in [-0.2, 0) is 16.0 Å². The number of carbonyl (C=O) groups excluding carboxylic acids is 1. The fourth-order valence-corrected chi connectivity index (χ4v) is 2.66. The number of carboxylic acids is 1. The Bertz CT molecular complexity index is 496. The molecule has 3 N–H and O–H groups in total. The van der Waals surface area contributed by atoms with E-state index in [2.05, 4.69) is 10.6 Å². The lowest BCUT2D eigenvalue weighted by Crippen LogP contribution is -2.28. The summed E-state index contributed by atoms with van der Waals surface area (Å²) in [6.45, 7) is 2.09. The van der Waals surface area contributed by atoms with Gasteiger partial charge in [0.15, 0.2) is 0 Å². The van der Waals surface area contributed by atoms with E-state index in [0.717, 1.165) is 32.4 Å². The SMILES string of the molecule is O=C(O)Cc1cccc(NC(=O)CCC2CCNCC2)c1. The zero-order valence-corrected chi connectivity index (χ0v) is 12.1. The molecule has 0 saturated carbocycles. The minimum Gasteiger partial charge on any atom is -0.481 e. The van der Waals surface area contributed by atoms with Crippen molar-refractivity contribution in [1.29, 1.82) is 0 Å². The van der Waals surface area contributed by atoms with Crippen LogP contribution in [0.1, 0.15) is 31.2 Å². The number of anilines is 1. The second kappa shape index (κ2) is 7.78. The van der Waals surface area contributed by atoms with Gasteiger partial charge < -0.3 is 15.7 Å². The second-order valence-corrected chi connectivity index (χ2v) is 5.55. The van der Waals surface area contributed by atoms with Gasteiger partial charge in [0.05, 0.1) is 6.42 Å². The van der Waals surface area contributed by atoms with Crippen molar-refractivity contribution in [2.75, 3.05) is 18.4 Å². The Morgan fingerprint density at radius 1 is 1.29 bits per heavy atom. The van der Waals surface area contributed by atoms with E-state index in [0.29, 0.717) is 23.6 Å². The van der Waals surface area contributed by atoms with Crippen LogP contribution >= 0.6 is 0 Å². The van der Waals surface area contributed by atoms with Crippen LogP contribution in [0.3, 0.4) is 0 Å². The Hall–Kier alpha value is -1.88. The van der Waals surface area contributed by atoms with Crippen LogP contribution in [0.5, 0.6) is 0 Å². The van der Waals surface area contributed by atoms with E-state index < -0.39 is 5.97 Å². The third kappa shape index (κ3) is 5.55. The first-order valence-corrected chi connectivity index (χ1v) is 7.45. The first-order chi connectivity index (χ1) is 10.1. The fraction of sp³-hybridized carbons (Fsp3) is 0.500. The molecule has 1 saturated heterocycles. The smallest absolute Gasteiger partial charge is 0.307 e. The summed E-state index contributed by atoms with van der Waals surface area (Å²) in [4.78, 5) is 22.6. The maximum Gasteiger partial charge on any atom is 0.307 e. The lowest BCUT2D eigenvalue weighted by Gasteiger charge is -2.22. The molecule has 5 nitrogen and oxygen atoms in total. The van der Waals surface area contributed by atoms with Gasteiger partial charge in [-0.25, -0.2) is 0 Å². The number of benzene rings is 1. The van der Waals surface area contributed by atoms with Gasteiger partial charge in [-0.3, -0.25) is 9.59 Å². The molecule has 1 aromatic carbocycles. The third-order valence-electron chi connectivity index (χ3n) is 3.80. The Labute approximate surface area is 124 Å². The van der Waals surface area contributed by atoms with Crippen LogP contribution in [0.4, 0.5) is 5.69 Å². The molecular formula is C16H22N2O3. The lowest BCUT2D eigenvalue weighted by molar-refractivity contribution is -0.136. The van der Waals surface area contributed by atoms with E-state index in [4.69, 9.17) is 5.11 Å². The molecule has 2 rings (SSSR count). The average molecular weight is 290 g/mol. The topological polar surface area (TPSA) is 78.4 Å². The molecule has 21 heavy (non-hydrogen) atoms. The molecule has 0 spiro atoms. The van der Waals surface area contributed by atoms with Crippen molar-refractivity contribution in [1.82, 2.24) is 5.32 Å². The van der Waals surface area contributed by atoms with Gasteiger partial charge in [0.25, 0.3) is 0 Å². The Balaban J connectivity index is 1.80. The Kier molecular flexibility index (Phi) is 5.75. The number of nitrogens with one attached hydrogen (secondary N) is 2. The minimum absolute atomic E-state index is 0.000933. The highest BCUT2D eigenvalue weighted by Gasteiger charge is 2.14. The normalized spacial score (nSPS) is 15.6. The van der Waals surface area contributed by atoms with Crippen LogP contribution in [0.15, 0.2) is 24.3 Å². The summed E-state index contributed by atoms with van der Waals surface area (Å²) in [7, 11) is 0. The van der Waals surface area contributed by atoms with Crippen LogP contribution in [0.25, 0.3) is 0 Å². The van der Waals surface area contributed by atoms with Crippen molar-refractivity contribution in [3.8, 4) is 0 Å². The van der Waals surface area contributed by atoms with Crippen molar-refractivity contribution in [2.45, 2.75) is 32.1 Å². The number of amides is 1. The van der Waals surface area contributed by atoms with Gasteiger partial charge in [-0.05, 0) is 56.0 Å². The standard InChI is InChI=1S/C16H22N2O3/c19-15(5-4-12-6-8-17-9-7-12)18-14-3-1-2-13(10-14)11-16(20)21/h1-3,10,12,17H,4-9,11H2,(H,18,19)(H,20,21). The molecule has 1 aliphatic rings.